The Bertz CT molecular complexity index is 1920. The molecule has 0 aromatic heterocycles. The summed E-state index contributed by atoms with van der Waals surface area (Å²) in [5.41, 5.74) is 0. The molecule has 0 amide bonds. The van der Waals surface area contributed by atoms with Crippen LogP contribution in [0.5, 0.6) is 0 Å². The Hall–Kier alpha value is -1.94. The van der Waals surface area contributed by atoms with Crippen LogP contribution in [0.15, 0.2) is 0 Å². The molecule has 0 aromatic rings. The molecule has 0 aliphatic carbocycles. The summed E-state index contributed by atoms with van der Waals surface area (Å²) in [6, 6.07) is 0. The predicted octanol–water partition coefficient (Wildman–Crippen LogP) is 23.2. The summed E-state index contributed by atoms with van der Waals surface area (Å²) in [5, 5.41) is 10.6. The van der Waals surface area contributed by atoms with Crippen molar-refractivity contribution in [3.63, 3.8) is 0 Å². The smallest absolute Gasteiger partial charge is 0.462 e. The third-order valence-electron chi connectivity index (χ3n) is 18.3. The van der Waals surface area contributed by atoms with Gasteiger partial charge in [0.2, 0.25) is 0 Å². The van der Waals surface area contributed by atoms with Crippen LogP contribution < -0.4 is 0 Å². The van der Waals surface area contributed by atoms with Crippen LogP contribution in [0.25, 0.3) is 0 Å². The first-order valence-corrected chi connectivity index (χ1v) is 43.7. The Kier molecular flexibility index (Phi) is 66.8. The van der Waals surface area contributed by atoms with E-state index in [0.29, 0.717) is 31.6 Å². The number of hydrogen-bond acceptors (Lipinski definition) is 15. The Labute approximate surface area is 600 Å². The summed E-state index contributed by atoms with van der Waals surface area (Å²) in [6.45, 7) is 14.2. The maximum absolute atomic E-state index is 13.1. The molecule has 98 heavy (non-hydrogen) atoms. The highest BCUT2D eigenvalue weighted by Gasteiger charge is 2.30. The zero-order valence-electron chi connectivity index (χ0n) is 64.4. The van der Waals surface area contributed by atoms with Gasteiger partial charge in [0.05, 0.1) is 26.4 Å². The van der Waals surface area contributed by atoms with Crippen molar-refractivity contribution in [1.29, 1.82) is 0 Å². The number of esters is 4. The lowest BCUT2D eigenvalue weighted by molar-refractivity contribution is -0.161. The average Bonchev–Trinajstić information content (AvgIpc) is 1.25. The van der Waals surface area contributed by atoms with Crippen molar-refractivity contribution in [1.82, 2.24) is 0 Å². The average molecular weight is 1440 g/mol. The number of unbranched alkanes of at least 4 members (excludes halogenated alkanes) is 42. The van der Waals surface area contributed by atoms with Crippen molar-refractivity contribution >= 4 is 39.5 Å². The van der Waals surface area contributed by atoms with Crippen molar-refractivity contribution in [2.45, 2.75) is 420 Å². The quantitative estimate of drug-likeness (QED) is 0.0222. The fourth-order valence-corrected chi connectivity index (χ4v) is 13.7. The second-order valence-corrected chi connectivity index (χ2v) is 33.3. The van der Waals surface area contributed by atoms with E-state index >= 15 is 0 Å². The molecule has 582 valence electrons. The Morgan fingerprint density at radius 2 is 0.429 bits per heavy atom. The third kappa shape index (κ3) is 72.4. The molecular formula is C79H154O17P2. The van der Waals surface area contributed by atoms with Gasteiger partial charge >= 0.3 is 39.5 Å². The van der Waals surface area contributed by atoms with Crippen LogP contribution >= 0.6 is 15.6 Å². The maximum Gasteiger partial charge on any atom is 0.472 e. The summed E-state index contributed by atoms with van der Waals surface area (Å²) in [4.78, 5) is 72.8. The zero-order valence-corrected chi connectivity index (χ0v) is 66.2. The minimum atomic E-state index is -4.96. The molecule has 3 unspecified atom stereocenters. The summed E-state index contributed by atoms with van der Waals surface area (Å²) in [7, 11) is -9.92. The van der Waals surface area contributed by atoms with Crippen LogP contribution in [-0.4, -0.2) is 96.7 Å². The van der Waals surface area contributed by atoms with Gasteiger partial charge < -0.3 is 33.8 Å². The van der Waals surface area contributed by atoms with Crippen LogP contribution in [0.2, 0.25) is 0 Å². The lowest BCUT2D eigenvalue weighted by atomic mass is 10.0. The minimum absolute atomic E-state index is 0.104. The third-order valence-corrected chi connectivity index (χ3v) is 20.2. The molecule has 0 saturated heterocycles. The Morgan fingerprint density at radius 3 is 0.633 bits per heavy atom. The molecule has 0 aromatic carbocycles. The molecule has 0 radical (unpaired) electrons. The first kappa shape index (κ1) is 96.1. The standard InChI is InChI=1S/C79H154O17P2/c1-69(2)55-47-39-31-25-21-17-13-11-9-10-12-14-20-24-28-35-45-53-61-78(83)95-75(66-90-77(82)60-52-44-38-37-42-50-58-72(7)8)68-94-98(87,88)92-64-73(80)63-91-97(85,86)93-67-74(96-79(84)62-54-46-36-30-29-33-41-49-57-71(5)6)65-89-76(81)59-51-43-34-27-23-19-16-15-18-22-26-32-40-48-56-70(3)4/h69-75,80H,9-68H2,1-8H3,(H,85,86)(H,87,88)/t73?,74-,75-/m1/s1. The zero-order chi connectivity index (χ0) is 72.4. The summed E-state index contributed by atoms with van der Waals surface area (Å²) in [6.07, 6.45) is 54.5. The van der Waals surface area contributed by atoms with Crippen LogP contribution in [0.3, 0.4) is 0 Å². The molecule has 0 aliphatic heterocycles. The number of hydrogen-bond donors (Lipinski definition) is 3. The molecule has 19 heteroatoms. The van der Waals surface area contributed by atoms with Crippen molar-refractivity contribution < 1.29 is 80.2 Å². The number of rotatable bonds is 76. The highest BCUT2D eigenvalue weighted by atomic mass is 31.2. The normalized spacial score (nSPS) is 14.1. The predicted molar refractivity (Wildman–Crippen MR) is 400 cm³/mol. The van der Waals surface area contributed by atoms with E-state index in [9.17, 15) is 43.2 Å². The van der Waals surface area contributed by atoms with E-state index in [4.69, 9.17) is 37.0 Å². The van der Waals surface area contributed by atoms with Crippen LogP contribution in [0, 0.1) is 23.7 Å². The van der Waals surface area contributed by atoms with Gasteiger partial charge in [0, 0.05) is 25.7 Å². The number of phosphoric acid groups is 2. The number of phosphoric ester groups is 2. The van der Waals surface area contributed by atoms with Gasteiger partial charge in [-0.25, -0.2) is 9.13 Å². The van der Waals surface area contributed by atoms with Gasteiger partial charge in [-0.3, -0.25) is 37.3 Å². The van der Waals surface area contributed by atoms with Crippen LogP contribution in [0.4, 0.5) is 0 Å². The largest absolute Gasteiger partial charge is 0.472 e. The number of aliphatic hydroxyl groups is 1. The van der Waals surface area contributed by atoms with Gasteiger partial charge in [-0.1, -0.05) is 351 Å². The van der Waals surface area contributed by atoms with E-state index in [1.165, 1.54) is 199 Å². The molecule has 0 spiro atoms. The SMILES string of the molecule is CC(C)CCCCCCCCCCCCCCCCCCCCC(=O)O[C@H](COC(=O)CCCCCCCCC(C)C)COP(=O)(O)OCC(O)COP(=O)(O)OC[C@@H](COC(=O)CCCCCCCCCCCCCCCCC(C)C)OC(=O)CCCCCCCCCCC(C)C. The molecule has 0 rings (SSSR count). The van der Waals surface area contributed by atoms with Crippen LogP contribution in [-0.2, 0) is 65.4 Å². The van der Waals surface area contributed by atoms with E-state index in [0.717, 1.165) is 114 Å². The molecular weight excluding hydrogens is 1280 g/mol. The number of carbonyl (C=O) groups excluding carboxylic acids is 4. The monoisotopic (exact) mass is 1440 g/mol. The summed E-state index contributed by atoms with van der Waals surface area (Å²) >= 11 is 0. The Morgan fingerprint density at radius 1 is 0.255 bits per heavy atom. The molecule has 3 N–H and O–H groups in total. The first-order valence-electron chi connectivity index (χ1n) is 40.7. The van der Waals surface area contributed by atoms with Crippen molar-refractivity contribution in [2.24, 2.45) is 23.7 Å². The van der Waals surface area contributed by atoms with Gasteiger partial charge in [-0.2, -0.15) is 0 Å². The van der Waals surface area contributed by atoms with Crippen molar-refractivity contribution in [3.05, 3.63) is 0 Å². The molecule has 5 atom stereocenters. The van der Waals surface area contributed by atoms with E-state index in [-0.39, 0.29) is 25.7 Å². The second-order valence-electron chi connectivity index (χ2n) is 30.4. The fraction of sp³-hybridized carbons (Fsp3) is 0.949. The lowest BCUT2D eigenvalue weighted by Gasteiger charge is -2.21. The molecule has 0 saturated carbocycles. The number of carbonyl (C=O) groups is 4. The lowest BCUT2D eigenvalue weighted by Crippen LogP contribution is -2.30. The number of aliphatic hydroxyl groups excluding tert-OH is 1. The number of ether oxygens (including phenoxy) is 4. The van der Waals surface area contributed by atoms with Crippen molar-refractivity contribution in [2.75, 3.05) is 39.6 Å². The fourth-order valence-electron chi connectivity index (χ4n) is 12.1. The highest BCUT2D eigenvalue weighted by molar-refractivity contribution is 7.47. The second kappa shape index (κ2) is 68.2. The minimum Gasteiger partial charge on any atom is -0.462 e. The van der Waals surface area contributed by atoms with Gasteiger partial charge in [0.15, 0.2) is 12.2 Å². The van der Waals surface area contributed by atoms with E-state index in [1.807, 2.05) is 0 Å². The first-order chi connectivity index (χ1) is 47.1. The molecule has 17 nitrogen and oxygen atoms in total. The van der Waals surface area contributed by atoms with Gasteiger partial charge in [0.1, 0.15) is 19.3 Å². The summed E-state index contributed by atoms with van der Waals surface area (Å²) < 4.78 is 68.6. The van der Waals surface area contributed by atoms with E-state index in [2.05, 4.69) is 55.4 Å². The maximum atomic E-state index is 13.1. The molecule has 0 heterocycles. The highest BCUT2D eigenvalue weighted by Crippen LogP contribution is 2.45. The molecule has 0 aliphatic rings. The van der Waals surface area contributed by atoms with Gasteiger partial charge in [0.25, 0.3) is 0 Å². The van der Waals surface area contributed by atoms with Crippen molar-refractivity contribution in [3.8, 4) is 0 Å². The van der Waals surface area contributed by atoms with Gasteiger partial charge in [-0.15, -0.1) is 0 Å². The summed E-state index contributed by atoms with van der Waals surface area (Å²) in [5.74, 6) is 0.896. The Balaban J connectivity index is 5.15. The molecule has 0 bridgehead atoms. The van der Waals surface area contributed by atoms with Crippen LogP contribution in [0.1, 0.15) is 402 Å². The molecule has 0 fully saturated rings. The van der Waals surface area contributed by atoms with E-state index < -0.39 is 97.5 Å². The van der Waals surface area contributed by atoms with Gasteiger partial charge in [-0.05, 0) is 49.4 Å². The topological polar surface area (TPSA) is 237 Å². The van der Waals surface area contributed by atoms with E-state index in [1.54, 1.807) is 0 Å².